The number of rotatable bonds is 5. The van der Waals surface area contributed by atoms with Gasteiger partial charge in [0.2, 0.25) is 0 Å². The van der Waals surface area contributed by atoms with Gasteiger partial charge in [-0.15, -0.1) is 0 Å². The number of unbranched alkanes of at least 4 members (excludes halogenated alkanes) is 1. The number of benzene rings is 1. The summed E-state index contributed by atoms with van der Waals surface area (Å²) in [6.45, 7) is 8.10. The number of aromatic nitrogens is 1. The van der Waals surface area contributed by atoms with Gasteiger partial charge in [0, 0.05) is 37.9 Å². The zero-order chi connectivity index (χ0) is 17.6. The van der Waals surface area contributed by atoms with Crippen molar-refractivity contribution in [2.24, 2.45) is 0 Å². The Morgan fingerprint density at radius 3 is 2.68 bits per heavy atom. The molecule has 0 spiro atoms. The fourth-order valence-corrected chi connectivity index (χ4v) is 3.23. The Morgan fingerprint density at radius 1 is 1.24 bits per heavy atom. The third kappa shape index (κ3) is 4.26. The molecule has 132 valence electrons. The van der Waals surface area contributed by atoms with E-state index in [0.29, 0.717) is 0 Å². The van der Waals surface area contributed by atoms with Crippen molar-refractivity contribution in [3.05, 3.63) is 65.1 Å². The van der Waals surface area contributed by atoms with E-state index >= 15 is 0 Å². The number of pyridine rings is 1. The fourth-order valence-electron chi connectivity index (χ4n) is 3.23. The first-order valence-electron chi connectivity index (χ1n) is 9.08. The van der Waals surface area contributed by atoms with Crippen LogP contribution in [0.5, 0.6) is 0 Å². The molecule has 0 atom stereocenters. The molecule has 0 bridgehead atoms. The first-order chi connectivity index (χ1) is 12.2. The van der Waals surface area contributed by atoms with Crippen molar-refractivity contribution in [3.8, 4) is 0 Å². The lowest BCUT2D eigenvalue weighted by Gasteiger charge is -2.28. The van der Waals surface area contributed by atoms with Crippen LogP contribution in [0.15, 0.2) is 42.6 Å². The number of nitrogens with zero attached hydrogens (tertiary/aromatic N) is 2. The van der Waals surface area contributed by atoms with Crippen LogP contribution in [0, 0.1) is 12.7 Å². The van der Waals surface area contributed by atoms with Crippen LogP contribution in [0.25, 0.3) is 5.57 Å². The molecule has 0 saturated carbocycles. The summed E-state index contributed by atoms with van der Waals surface area (Å²) in [7, 11) is 0. The summed E-state index contributed by atoms with van der Waals surface area (Å²) in [6.07, 6.45) is 6.26. The summed E-state index contributed by atoms with van der Waals surface area (Å²) in [5.41, 5.74) is 4.25. The first kappa shape index (κ1) is 17.6. The van der Waals surface area contributed by atoms with Crippen LogP contribution in [0.2, 0.25) is 0 Å². The Morgan fingerprint density at radius 2 is 2.04 bits per heavy atom. The van der Waals surface area contributed by atoms with E-state index in [1.54, 1.807) is 6.07 Å². The lowest BCUT2D eigenvalue weighted by atomic mass is 9.94. The van der Waals surface area contributed by atoms with Gasteiger partial charge in [0.05, 0.1) is 0 Å². The summed E-state index contributed by atoms with van der Waals surface area (Å²) >= 11 is 0. The molecule has 1 aromatic carbocycles. The Labute approximate surface area is 149 Å². The maximum atomic E-state index is 13.5. The maximum Gasteiger partial charge on any atom is 0.128 e. The molecule has 2 heterocycles. The first-order valence-corrected chi connectivity index (χ1v) is 9.08. The Bertz CT molecular complexity index is 731. The SMILES string of the molecule is CCCC=C(c1ccc(N2CCNCC2)nc1)c1ccc(F)cc1C. The van der Waals surface area contributed by atoms with E-state index in [0.717, 1.165) is 67.1 Å². The molecule has 3 nitrogen and oxygen atoms in total. The van der Waals surface area contributed by atoms with Crippen molar-refractivity contribution >= 4 is 11.4 Å². The van der Waals surface area contributed by atoms with E-state index in [1.807, 2.05) is 19.2 Å². The van der Waals surface area contributed by atoms with E-state index in [-0.39, 0.29) is 5.82 Å². The third-order valence-corrected chi connectivity index (χ3v) is 4.62. The van der Waals surface area contributed by atoms with Crippen molar-refractivity contribution in [1.29, 1.82) is 0 Å². The average molecular weight is 339 g/mol. The van der Waals surface area contributed by atoms with Crippen LogP contribution in [0.3, 0.4) is 0 Å². The van der Waals surface area contributed by atoms with Crippen LogP contribution in [-0.2, 0) is 0 Å². The lowest BCUT2D eigenvalue weighted by Crippen LogP contribution is -2.43. The van der Waals surface area contributed by atoms with Gasteiger partial charge in [0.1, 0.15) is 11.6 Å². The molecule has 0 unspecified atom stereocenters. The fraction of sp³-hybridized carbons (Fsp3) is 0.381. The highest BCUT2D eigenvalue weighted by atomic mass is 19.1. The van der Waals surface area contributed by atoms with Crippen LogP contribution in [0.1, 0.15) is 36.5 Å². The predicted octanol–water partition coefficient (Wildman–Crippen LogP) is 4.17. The second-order valence-electron chi connectivity index (χ2n) is 6.51. The van der Waals surface area contributed by atoms with E-state index < -0.39 is 0 Å². The molecular formula is C21H26FN3. The molecule has 0 amide bonds. The van der Waals surface area contributed by atoms with Gasteiger partial charge in [0.15, 0.2) is 0 Å². The topological polar surface area (TPSA) is 28.2 Å². The number of halogens is 1. The summed E-state index contributed by atoms with van der Waals surface area (Å²) in [4.78, 5) is 6.99. The van der Waals surface area contributed by atoms with Gasteiger partial charge in [0.25, 0.3) is 0 Å². The second-order valence-corrected chi connectivity index (χ2v) is 6.51. The van der Waals surface area contributed by atoms with E-state index in [4.69, 9.17) is 0 Å². The van der Waals surface area contributed by atoms with Gasteiger partial charge in [-0.2, -0.15) is 0 Å². The molecule has 1 aliphatic heterocycles. The number of hydrogen-bond acceptors (Lipinski definition) is 3. The van der Waals surface area contributed by atoms with Gasteiger partial charge < -0.3 is 10.2 Å². The molecule has 1 N–H and O–H groups in total. The molecule has 0 aliphatic carbocycles. The zero-order valence-electron chi connectivity index (χ0n) is 15.1. The van der Waals surface area contributed by atoms with Gasteiger partial charge in [-0.3, -0.25) is 0 Å². The van der Waals surface area contributed by atoms with Crippen molar-refractivity contribution in [2.45, 2.75) is 26.7 Å². The monoisotopic (exact) mass is 339 g/mol. The van der Waals surface area contributed by atoms with Crippen molar-refractivity contribution < 1.29 is 4.39 Å². The molecule has 1 aromatic heterocycles. The molecule has 1 saturated heterocycles. The maximum absolute atomic E-state index is 13.5. The van der Waals surface area contributed by atoms with Crippen molar-refractivity contribution in [3.63, 3.8) is 0 Å². The van der Waals surface area contributed by atoms with Gasteiger partial charge in [-0.05, 0) is 54.3 Å². The van der Waals surface area contributed by atoms with Crippen molar-refractivity contribution in [2.75, 3.05) is 31.1 Å². The number of anilines is 1. The Hall–Kier alpha value is -2.20. The summed E-state index contributed by atoms with van der Waals surface area (Å²) in [6, 6.07) is 9.23. The molecule has 25 heavy (non-hydrogen) atoms. The highest BCUT2D eigenvalue weighted by Crippen LogP contribution is 2.28. The molecule has 1 fully saturated rings. The van der Waals surface area contributed by atoms with E-state index in [2.05, 4.69) is 40.3 Å². The normalized spacial score (nSPS) is 15.5. The minimum Gasteiger partial charge on any atom is -0.354 e. The predicted molar refractivity (Wildman–Crippen MR) is 102 cm³/mol. The standard InChI is InChI=1S/C21H26FN3/c1-3-4-5-20(19-8-7-18(22)14-16(19)2)17-6-9-21(24-15-17)25-12-10-23-11-13-25/h5-9,14-15,23H,3-4,10-13H2,1-2H3. The third-order valence-electron chi connectivity index (χ3n) is 4.62. The van der Waals surface area contributed by atoms with Crippen LogP contribution in [0.4, 0.5) is 10.2 Å². The highest BCUT2D eigenvalue weighted by molar-refractivity contribution is 5.81. The largest absolute Gasteiger partial charge is 0.354 e. The minimum absolute atomic E-state index is 0.191. The van der Waals surface area contributed by atoms with Crippen LogP contribution < -0.4 is 10.2 Å². The Balaban J connectivity index is 1.91. The van der Waals surface area contributed by atoms with E-state index in [1.165, 1.54) is 6.07 Å². The lowest BCUT2D eigenvalue weighted by molar-refractivity contribution is 0.585. The summed E-state index contributed by atoms with van der Waals surface area (Å²) in [5, 5.41) is 3.36. The van der Waals surface area contributed by atoms with Crippen LogP contribution >= 0.6 is 0 Å². The van der Waals surface area contributed by atoms with Crippen LogP contribution in [-0.4, -0.2) is 31.2 Å². The van der Waals surface area contributed by atoms with Gasteiger partial charge >= 0.3 is 0 Å². The Kier molecular flexibility index (Phi) is 5.82. The smallest absolute Gasteiger partial charge is 0.128 e. The molecule has 0 radical (unpaired) electrons. The molecule has 2 aromatic rings. The zero-order valence-corrected chi connectivity index (χ0v) is 15.1. The molecule has 3 rings (SSSR count). The van der Waals surface area contributed by atoms with Gasteiger partial charge in [-0.1, -0.05) is 25.5 Å². The number of aryl methyl sites for hydroxylation is 1. The minimum atomic E-state index is -0.191. The molecule has 4 heteroatoms. The number of allylic oxidation sites excluding steroid dienone is 1. The van der Waals surface area contributed by atoms with E-state index in [9.17, 15) is 4.39 Å². The van der Waals surface area contributed by atoms with Crippen molar-refractivity contribution in [1.82, 2.24) is 10.3 Å². The molecule has 1 aliphatic rings. The quantitative estimate of drug-likeness (QED) is 0.886. The average Bonchev–Trinajstić information content (AvgIpc) is 2.64. The second kappa shape index (κ2) is 8.26. The van der Waals surface area contributed by atoms with Gasteiger partial charge in [-0.25, -0.2) is 9.37 Å². The summed E-state index contributed by atoms with van der Waals surface area (Å²) < 4.78 is 13.5. The number of nitrogens with one attached hydrogen (secondary N) is 1. The highest BCUT2D eigenvalue weighted by Gasteiger charge is 2.13. The number of piperazine rings is 1. The molecular weight excluding hydrogens is 313 g/mol. The number of hydrogen-bond donors (Lipinski definition) is 1. The summed E-state index contributed by atoms with van der Waals surface area (Å²) in [5.74, 6) is 0.833.